The topological polar surface area (TPSA) is 55.5 Å². The van der Waals surface area contributed by atoms with Crippen molar-refractivity contribution in [3.8, 4) is 5.75 Å². The van der Waals surface area contributed by atoms with Crippen LogP contribution in [0.2, 0.25) is 0 Å². The molecule has 0 saturated carbocycles. The van der Waals surface area contributed by atoms with E-state index in [-0.39, 0.29) is 0 Å². The fourth-order valence-electron chi connectivity index (χ4n) is 1.22. The van der Waals surface area contributed by atoms with Crippen LogP contribution in [0.5, 0.6) is 5.75 Å². The van der Waals surface area contributed by atoms with Crippen LogP contribution in [-0.4, -0.2) is 17.3 Å². The lowest BCUT2D eigenvalue weighted by Crippen LogP contribution is -2.22. The van der Waals surface area contributed by atoms with Gasteiger partial charge in [-0.2, -0.15) is 0 Å². The second-order valence-corrected chi connectivity index (χ2v) is 4.22. The largest absolute Gasteiger partial charge is 0.493 e. The molecule has 0 aliphatic rings. The fraction of sp³-hybridized carbons (Fsp3) is 0.500. The van der Waals surface area contributed by atoms with E-state index >= 15 is 0 Å². The molecule has 1 rings (SSSR count). The second-order valence-electron chi connectivity index (χ2n) is 4.22. The van der Waals surface area contributed by atoms with E-state index in [0.717, 1.165) is 11.3 Å². The molecule has 0 aliphatic carbocycles. The minimum Gasteiger partial charge on any atom is -0.493 e. The summed E-state index contributed by atoms with van der Waals surface area (Å²) in [4.78, 5) is 0. The molecule has 0 fully saturated rings. The molecule has 3 heteroatoms. The van der Waals surface area contributed by atoms with E-state index in [1.807, 2.05) is 24.3 Å². The Hall–Kier alpha value is -1.06. The first-order valence-electron chi connectivity index (χ1n) is 5.16. The number of aliphatic hydroxyl groups is 1. The van der Waals surface area contributed by atoms with Crippen LogP contribution in [0.15, 0.2) is 24.3 Å². The highest BCUT2D eigenvalue weighted by Gasteiger charge is 2.12. The number of hydrogen-bond donors (Lipinski definition) is 2. The van der Waals surface area contributed by atoms with Gasteiger partial charge >= 0.3 is 0 Å². The van der Waals surface area contributed by atoms with Crippen molar-refractivity contribution in [1.82, 2.24) is 0 Å². The van der Waals surface area contributed by atoms with E-state index in [2.05, 4.69) is 0 Å². The minimum atomic E-state index is -0.683. The molecule has 84 valence electrons. The molecule has 3 nitrogen and oxygen atoms in total. The highest BCUT2D eigenvalue weighted by Crippen LogP contribution is 2.18. The van der Waals surface area contributed by atoms with Crippen LogP contribution in [0.4, 0.5) is 0 Å². The standard InChI is InChI=1S/C12H19NO2/c1-12(2,14)7-8-15-11-6-4-3-5-10(11)9-13/h3-6,14H,7-9,13H2,1-2H3. The van der Waals surface area contributed by atoms with Crippen LogP contribution in [0, 0.1) is 0 Å². The molecule has 0 unspecified atom stereocenters. The Labute approximate surface area is 90.9 Å². The third-order valence-corrected chi connectivity index (χ3v) is 2.16. The third-order valence-electron chi connectivity index (χ3n) is 2.16. The average molecular weight is 209 g/mol. The second kappa shape index (κ2) is 5.14. The van der Waals surface area contributed by atoms with Crippen molar-refractivity contribution < 1.29 is 9.84 Å². The number of hydrogen-bond acceptors (Lipinski definition) is 3. The zero-order valence-corrected chi connectivity index (χ0v) is 9.36. The minimum absolute atomic E-state index is 0.471. The molecule has 15 heavy (non-hydrogen) atoms. The summed E-state index contributed by atoms with van der Waals surface area (Å²) in [7, 11) is 0. The molecule has 1 aromatic carbocycles. The fourth-order valence-corrected chi connectivity index (χ4v) is 1.22. The van der Waals surface area contributed by atoms with Gasteiger partial charge in [-0.15, -0.1) is 0 Å². The Morgan fingerprint density at radius 2 is 2.00 bits per heavy atom. The van der Waals surface area contributed by atoms with Gasteiger partial charge in [-0.25, -0.2) is 0 Å². The van der Waals surface area contributed by atoms with Crippen molar-refractivity contribution in [2.75, 3.05) is 6.61 Å². The van der Waals surface area contributed by atoms with E-state index in [4.69, 9.17) is 10.5 Å². The van der Waals surface area contributed by atoms with E-state index < -0.39 is 5.60 Å². The lowest BCUT2D eigenvalue weighted by atomic mass is 10.1. The first-order valence-corrected chi connectivity index (χ1v) is 5.16. The summed E-state index contributed by atoms with van der Waals surface area (Å²) in [5, 5.41) is 9.52. The van der Waals surface area contributed by atoms with E-state index in [0.29, 0.717) is 19.6 Å². The van der Waals surface area contributed by atoms with Crippen LogP contribution in [0.25, 0.3) is 0 Å². The molecule has 0 saturated heterocycles. The van der Waals surface area contributed by atoms with Crippen molar-refractivity contribution in [2.24, 2.45) is 5.73 Å². The maximum absolute atomic E-state index is 9.52. The molecule has 0 bridgehead atoms. The third kappa shape index (κ3) is 4.32. The maximum Gasteiger partial charge on any atom is 0.123 e. The molecule has 0 atom stereocenters. The molecule has 0 spiro atoms. The van der Waals surface area contributed by atoms with Gasteiger partial charge in [0.2, 0.25) is 0 Å². The van der Waals surface area contributed by atoms with Crippen LogP contribution in [0.3, 0.4) is 0 Å². The summed E-state index contributed by atoms with van der Waals surface area (Å²) in [6.45, 7) is 4.51. The van der Waals surface area contributed by atoms with Gasteiger partial charge in [0.15, 0.2) is 0 Å². The van der Waals surface area contributed by atoms with Crippen LogP contribution in [-0.2, 0) is 6.54 Å². The zero-order chi connectivity index (χ0) is 11.3. The summed E-state index contributed by atoms with van der Waals surface area (Å²) >= 11 is 0. The average Bonchev–Trinajstić information content (AvgIpc) is 2.16. The summed E-state index contributed by atoms with van der Waals surface area (Å²) in [6, 6.07) is 7.69. The summed E-state index contributed by atoms with van der Waals surface area (Å²) in [5.41, 5.74) is 5.89. The number of para-hydroxylation sites is 1. The van der Waals surface area contributed by atoms with E-state index in [9.17, 15) is 5.11 Å². The van der Waals surface area contributed by atoms with Gasteiger partial charge in [0, 0.05) is 18.5 Å². The Balaban J connectivity index is 2.50. The van der Waals surface area contributed by atoms with Crippen molar-refractivity contribution in [1.29, 1.82) is 0 Å². The lowest BCUT2D eigenvalue weighted by Gasteiger charge is -2.17. The first kappa shape index (κ1) is 12.0. The Morgan fingerprint density at radius 1 is 1.33 bits per heavy atom. The van der Waals surface area contributed by atoms with Crippen LogP contribution in [0.1, 0.15) is 25.8 Å². The molecule has 0 radical (unpaired) electrons. The van der Waals surface area contributed by atoms with Gasteiger partial charge in [0.1, 0.15) is 5.75 Å². The molecule has 3 N–H and O–H groups in total. The maximum atomic E-state index is 9.52. The highest BCUT2D eigenvalue weighted by atomic mass is 16.5. The molecular formula is C12H19NO2. The van der Waals surface area contributed by atoms with Crippen LogP contribution < -0.4 is 10.5 Å². The lowest BCUT2D eigenvalue weighted by molar-refractivity contribution is 0.0552. The van der Waals surface area contributed by atoms with Crippen molar-refractivity contribution >= 4 is 0 Å². The molecular weight excluding hydrogens is 190 g/mol. The molecule has 0 aliphatic heterocycles. The molecule has 0 aromatic heterocycles. The Bertz CT molecular complexity index is 305. The summed E-state index contributed by atoms with van der Waals surface area (Å²) in [6.07, 6.45) is 0.603. The summed E-state index contributed by atoms with van der Waals surface area (Å²) in [5.74, 6) is 0.809. The first-order chi connectivity index (χ1) is 7.03. The Morgan fingerprint density at radius 3 is 2.60 bits per heavy atom. The van der Waals surface area contributed by atoms with Gasteiger partial charge in [0.05, 0.1) is 12.2 Å². The number of nitrogens with two attached hydrogens (primary N) is 1. The van der Waals surface area contributed by atoms with Gasteiger partial charge in [-0.3, -0.25) is 0 Å². The number of ether oxygens (including phenoxy) is 1. The van der Waals surface area contributed by atoms with E-state index in [1.165, 1.54) is 0 Å². The Kier molecular flexibility index (Phi) is 4.12. The normalized spacial score (nSPS) is 11.5. The highest BCUT2D eigenvalue weighted by molar-refractivity contribution is 5.32. The van der Waals surface area contributed by atoms with Gasteiger partial charge in [-0.1, -0.05) is 18.2 Å². The van der Waals surface area contributed by atoms with Crippen molar-refractivity contribution in [2.45, 2.75) is 32.4 Å². The number of rotatable bonds is 5. The predicted molar refractivity (Wildman–Crippen MR) is 60.7 cm³/mol. The summed E-state index contributed by atoms with van der Waals surface area (Å²) < 4.78 is 5.56. The van der Waals surface area contributed by atoms with Crippen LogP contribution >= 0.6 is 0 Å². The number of benzene rings is 1. The van der Waals surface area contributed by atoms with Gasteiger partial charge in [-0.05, 0) is 19.9 Å². The molecule has 0 amide bonds. The molecule has 0 heterocycles. The monoisotopic (exact) mass is 209 g/mol. The van der Waals surface area contributed by atoms with E-state index in [1.54, 1.807) is 13.8 Å². The smallest absolute Gasteiger partial charge is 0.123 e. The van der Waals surface area contributed by atoms with Gasteiger partial charge in [0.25, 0.3) is 0 Å². The zero-order valence-electron chi connectivity index (χ0n) is 9.36. The quantitative estimate of drug-likeness (QED) is 0.775. The van der Waals surface area contributed by atoms with Crippen molar-refractivity contribution in [3.63, 3.8) is 0 Å². The van der Waals surface area contributed by atoms with Gasteiger partial charge < -0.3 is 15.6 Å². The predicted octanol–water partition coefficient (Wildman–Crippen LogP) is 1.69. The molecule has 1 aromatic rings. The van der Waals surface area contributed by atoms with Crippen molar-refractivity contribution in [3.05, 3.63) is 29.8 Å². The SMILES string of the molecule is CC(C)(O)CCOc1ccccc1CN.